The normalized spacial score (nSPS) is 23.4. The second-order valence-corrected chi connectivity index (χ2v) is 9.23. The van der Waals surface area contributed by atoms with Crippen molar-refractivity contribution < 1.29 is 19.0 Å². The topological polar surface area (TPSA) is 88.4 Å². The number of aryl methyl sites for hydroxylation is 2. The summed E-state index contributed by atoms with van der Waals surface area (Å²) in [5.41, 5.74) is 4.75. The number of aromatic nitrogens is 4. The maximum Gasteiger partial charge on any atom is 0.306 e. The molecule has 2 fully saturated rings. The van der Waals surface area contributed by atoms with Crippen LogP contribution in [0.5, 0.6) is 0 Å². The Bertz CT molecular complexity index is 938. The fourth-order valence-electron chi connectivity index (χ4n) is 5.10. The summed E-state index contributed by atoms with van der Waals surface area (Å²) in [6, 6.07) is 4.22. The van der Waals surface area contributed by atoms with Crippen molar-refractivity contribution in [1.29, 1.82) is 0 Å². The summed E-state index contributed by atoms with van der Waals surface area (Å²) < 4.78 is 18.6. The van der Waals surface area contributed by atoms with Crippen molar-refractivity contribution in [2.75, 3.05) is 13.2 Å². The van der Waals surface area contributed by atoms with Gasteiger partial charge in [0.15, 0.2) is 6.29 Å². The highest BCUT2D eigenvalue weighted by atomic mass is 16.7. The van der Waals surface area contributed by atoms with Crippen molar-refractivity contribution in [3.8, 4) is 11.4 Å². The number of ether oxygens (including phenoxy) is 3. The van der Waals surface area contributed by atoms with Gasteiger partial charge in [-0.15, -0.1) is 5.10 Å². The zero-order valence-corrected chi connectivity index (χ0v) is 20.1. The lowest BCUT2D eigenvalue weighted by molar-refractivity contribution is -0.169. The summed E-state index contributed by atoms with van der Waals surface area (Å²) in [6.07, 6.45) is 7.86. The van der Waals surface area contributed by atoms with E-state index >= 15 is 0 Å². The van der Waals surface area contributed by atoms with Crippen LogP contribution in [0.1, 0.15) is 81.2 Å². The van der Waals surface area contributed by atoms with E-state index in [4.69, 9.17) is 19.2 Å². The summed E-state index contributed by atoms with van der Waals surface area (Å²) in [7, 11) is 1.88. The molecule has 8 heteroatoms. The van der Waals surface area contributed by atoms with Gasteiger partial charge >= 0.3 is 5.97 Å². The molecule has 3 unspecified atom stereocenters. The summed E-state index contributed by atoms with van der Waals surface area (Å²) in [5, 5.41) is 8.59. The van der Waals surface area contributed by atoms with Crippen LogP contribution in [0.25, 0.3) is 11.4 Å². The molecule has 1 aliphatic carbocycles. The van der Waals surface area contributed by atoms with Crippen LogP contribution in [-0.2, 0) is 32.7 Å². The first-order chi connectivity index (χ1) is 16.0. The van der Waals surface area contributed by atoms with E-state index in [2.05, 4.69) is 23.3 Å². The predicted molar refractivity (Wildman–Crippen MR) is 123 cm³/mol. The Morgan fingerprint density at radius 3 is 2.85 bits per heavy atom. The SMILES string of the molecule is CCOC(=O)CC1CCCC(c2ccc(-c3nnn(C)c3COC3CCCCO3)nc2C)C1. The first-order valence-electron chi connectivity index (χ1n) is 12.3. The van der Waals surface area contributed by atoms with Crippen LogP contribution in [0.2, 0.25) is 0 Å². The average molecular weight is 457 g/mol. The summed E-state index contributed by atoms with van der Waals surface area (Å²) in [5.74, 6) is 0.727. The number of carbonyl (C=O) groups excluding carboxylic acids is 1. The molecular weight excluding hydrogens is 420 g/mol. The second-order valence-electron chi connectivity index (χ2n) is 9.23. The van der Waals surface area contributed by atoms with E-state index in [1.165, 1.54) is 5.56 Å². The van der Waals surface area contributed by atoms with E-state index in [1.54, 1.807) is 4.68 Å². The molecule has 180 valence electrons. The maximum absolute atomic E-state index is 11.9. The van der Waals surface area contributed by atoms with Crippen molar-refractivity contribution in [2.24, 2.45) is 13.0 Å². The molecule has 3 atom stereocenters. The quantitative estimate of drug-likeness (QED) is 0.542. The number of pyridine rings is 1. The van der Waals surface area contributed by atoms with Crippen LogP contribution in [0.3, 0.4) is 0 Å². The molecule has 0 bridgehead atoms. The number of rotatable bonds is 8. The fourth-order valence-corrected chi connectivity index (χ4v) is 5.10. The Balaban J connectivity index is 1.45. The standard InChI is InChI=1S/C25H36N4O4/c1-4-31-23(30)15-18-8-7-9-19(14-18)20-11-12-21(26-17(20)2)25-22(29(3)28-27-25)16-33-24-10-5-6-13-32-24/h11-12,18-19,24H,4-10,13-16H2,1-3H3. The molecule has 4 rings (SSSR count). The summed E-state index contributed by atoms with van der Waals surface area (Å²) in [4.78, 5) is 16.9. The van der Waals surface area contributed by atoms with E-state index in [0.29, 0.717) is 31.5 Å². The number of nitrogens with zero attached hydrogens (tertiary/aromatic N) is 4. The Labute approximate surface area is 196 Å². The van der Waals surface area contributed by atoms with Gasteiger partial charge in [0, 0.05) is 25.8 Å². The first-order valence-corrected chi connectivity index (χ1v) is 12.3. The maximum atomic E-state index is 11.9. The highest BCUT2D eigenvalue weighted by Crippen LogP contribution is 2.39. The Morgan fingerprint density at radius 1 is 1.21 bits per heavy atom. The van der Waals surface area contributed by atoms with Gasteiger partial charge in [0.2, 0.25) is 0 Å². The molecule has 2 aromatic rings. The van der Waals surface area contributed by atoms with Crippen LogP contribution >= 0.6 is 0 Å². The third-order valence-electron chi connectivity index (χ3n) is 6.84. The van der Waals surface area contributed by atoms with Crippen LogP contribution in [-0.4, -0.2) is 45.5 Å². The molecule has 33 heavy (non-hydrogen) atoms. The molecule has 1 aliphatic heterocycles. The largest absolute Gasteiger partial charge is 0.466 e. The molecular formula is C25H36N4O4. The lowest BCUT2D eigenvalue weighted by Crippen LogP contribution is -2.22. The zero-order valence-electron chi connectivity index (χ0n) is 20.1. The third kappa shape index (κ3) is 5.98. The molecule has 3 heterocycles. The van der Waals surface area contributed by atoms with Crippen molar-refractivity contribution >= 4 is 5.97 Å². The number of hydrogen-bond acceptors (Lipinski definition) is 7. The second kappa shape index (κ2) is 11.2. The highest BCUT2D eigenvalue weighted by molar-refractivity contribution is 5.69. The monoisotopic (exact) mass is 456 g/mol. The van der Waals surface area contributed by atoms with Crippen LogP contribution in [0.4, 0.5) is 0 Å². The minimum atomic E-state index is -0.160. The van der Waals surface area contributed by atoms with Crippen LogP contribution in [0.15, 0.2) is 12.1 Å². The Hall–Kier alpha value is -2.32. The van der Waals surface area contributed by atoms with E-state index in [-0.39, 0.29) is 12.3 Å². The molecule has 0 radical (unpaired) electrons. The van der Waals surface area contributed by atoms with Crippen LogP contribution < -0.4 is 0 Å². The molecule has 1 saturated carbocycles. The smallest absolute Gasteiger partial charge is 0.306 e. The molecule has 2 aliphatic rings. The Kier molecular flexibility index (Phi) is 8.09. The van der Waals surface area contributed by atoms with E-state index in [1.807, 2.05) is 20.0 Å². The number of esters is 1. The molecule has 0 N–H and O–H groups in total. The average Bonchev–Trinajstić information content (AvgIpc) is 3.19. The Morgan fingerprint density at radius 2 is 2.09 bits per heavy atom. The van der Waals surface area contributed by atoms with Crippen LogP contribution in [0, 0.1) is 12.8 Å². The van der Waals surface area contributed by atoms with Gasteiger partial charge in [0.1, 0.15) is 5.69 Å². The highest BCUT2D eigenvalue weighted by Gasteiger charge is 2.27. The summed E-state index contributed by atoms with van der Waals surface area (Å²) >= 11 is 0. The minimum Gasteiger partial charge on any atom is -0.466 e. The molecule has 0 spiro atoms. The van der Waals surface area contributed by atoms with Gasteiger partial charge in [-0.25, -0.2) is 4.68 Å². The van der Waals surface area contributed by atoms with Crippen molar-refractivity contribution in [1.82, 2.24) is 20.0 Å². The van der Waals surface area contributed by atoms with Gasteiger partial charge in [-0.05, 0) is 75.8 Å². The van der Waals surface area contributed by atoms with Gasteiger partial charge in [0.05, 0.1) is 24.6 Å². The van der Waals surface area contributed by atoms with Gasteiger partial charge < -0.3 is 14.2 Å². The van der Waals surface area contributed by atoms with Crippen molar-refractivity contribution in [3.63, 3.8) is 0 Å². The van der Waals surface area contributed by atoms with E-state index < -0.39 is 0 Å². The van der Waals surface area contributed by atoms with Gasteiger partial charge in [-0.1, -0.05) is 17.7 Å². The predicted octanol–water partition coefficient (Wildman–Crippen LogP) is 4.46. The van der Waals surface area contributed by atoms with E-state index in [9.17, 15) is 4.79 Å². The van der Waals surface area contributed by atoms with E-state index in [0.717, 1.165) is 74.3 Å². The van der Waals surface area contributed by atoms with Gasteiger partial charge in [-0.3, -0.25) is 9.78 Å². The summed E-state index contributed by atoms with van der Waals surface area (Å²) in [6.45, 7) is 5.52. The fraction of sp³-hybridized carbons (Fsp3) is 0.680. The van der Waals surface area contributed by atoms with Crippen molar-refractivity contribution in [3.05, 3.63) is 29.1 Å². The molecule has 0 amide bonds. The molecule has 0 aromatic carbocycles. The molecule has 2 aromatic heterocycles. The molecule has 1 saturated heterocycles. The van der Waals surface area contributed by atoms with Gasteiger partial charge in [0.25, 0.3) is 0 Å². The number of carbonyl (C=O) groups is 1. The lowest BCUT2D eigenvalue weighted by atomic mass is 9.76. The van der Waals surface area contributed by atoms with Gasteiger partial charge in [-0.2, -0.15) is 0 Å². The minimum absolute atomic E-state index is 0.0793. The zero-order chi connectivity index (χ0) is 23.2. The number of hydrogen-bond donors (Lipinski definition) is 0. The third-order valence-corrected chi connectivity index (χ3v) is 6.84. The van der Waals surface area contributed by atoms with Crippen molar-refractivity contribution in [2.45, 2.75) is 84.0 Å². The lowest BCUT2D eigenvalue weighted by Gasteiger charge is -2.29. The first kappa shape index (κ1) is 23.8. The molecule has 8 nitrogen and oxygen atoms in total.